The Bertz CT molecular complexity index is 800. The normalized spacial score (nSPS) is 10.4. The number of nitrogens with one attached hydrogen (secondary N) is 1. The highest BCUT2D eigenvalue weighted by molar-refractivity contribution is 5.91. The molecule has 0 aliphatic carbocycles. The third-order valence-electron chi connectivity index (χ3n) is 3.36. The Labute approximate surface area is 139 Å². The SMILES string of the molecule is Cc1ccc(OCCC(=O)Nc2cccc(-n3cnnn3)c2)cc1. The van der Waals surface area contributed by atoms with E-state index in [1.54, 1.807) is 6.07 Å². The van der Waals surface area contributed by atoms with Gasteiger partial charge in [0.05, 0.1) is 18.7 Å². The number of tetrazole rings is 1. The van der Waals surface area contributed by atoms with Crippen LogP contribution in [0.2, 0.25) is 0 Å². The van der Waals surface area contributed by atoms with Crippen LogP contribution in [0.3, 0.4) is 0 Å². The van der Waals surface area contributed by atoms with Gasteiger partial charge >= 0.3 is 0 Å². The predicted molar refractivity (Wildman–Crippen MR) is 89.1 cm³/mol. The Balaban J connectivity index is 1.51. The fourth-order valence-corrected chi connectivity index (χ4v) is 2.13. The average Bonchev–Trinajstić information content (AvgIpc) is 3.11. The maximum absolute atomic E-state index is 12.0. The predicted octanol–water partition coefficient (Wildman–Crippen LogP) is 2.38. The van der Waals surface area contributed by atoms with Crippen molar-refractivity contribution in [2.75, 3.05) is 11.9 Å². The summed E-state index contributed by atoms with van der Waals surface area (Å²) in [6.07, 6.45) is 1.76. The lowest BCUT2D eigenvalue weighted by atomic mass is 10.2. The molecule has 0 unspecified atom stereocenters. The number of hydrogen-bond acceptors (Lipinski definition) is 5. The zero-order valence-corrected chi connectivity index (χ0v) is 13.2. The van der Waals surface area contributed by atoms with Crippen LogP contribution in [0.5, 0.6) is 5.75 Å². The number of hydrogen-bond donors (Lipinski definition) is 1. The van der Waals surface area contributed by atoms with Gasteiger partial charge in [-0.1, -0.05) is 23.8 Å². The standard InChI is InChI=1S/C17H17N5O2/c1-13-5-7-16(8-6-13)24-10-9-17(23)19-14-3-2-4-15(11-14)22-12-18-20-21-22/h2-8,11-12H,9-10H2,1H3,(H,19,23). The lowest BCUT2D eigenvalue weighted by Gasteiger charge is -2.08. The molecule has 0 aliphatic heterocycles. The number of aromatic nitrogens is 4. The summed E-state index contributed by atoms with van der Waals surface area (Å²) in [4.78, 5) is 12.0. The van der Waals surface area contributed by atoms with E-state index >= 15 is 0 Å². The van der Waals surface area contributed by atoms with Gasteiger partial charge in [0.25, 0.3) is 0 Å². The molecule has 2 aromatic carbocycles. The first kappa shape index (κ1) is 15.7. The van der Waals surface area contributed by atoms with Gasteiger partial charge in [-0.3, -0.25) is 4.79 Å². The number of rotatable bonds is 6. The van der Waals surface area contributed by atoms with Crippen molar-refractivity contribution in [2.24, 2.45) is 0 Å². The highest BCUT2D eigenvalue weighted by Crippen LogP contribution is 2.14. The summed E-state index contributed by atoms with van der Waals surface area (Å²) in [6, 6.07) is 15.0. The minimum atomic E-state index is -0.115. The van der Waals surface area contributed by atoms with Gasteiger partial charge in [-0.05, 0) is 47.7 Å². The molecule has 7 heteroatoms. The second-order valence-electron chi connectivity index (χ2n) is 5.26. The number of aryl methyl sites for hydroxylation is 1. The number of carbonyl (C=O) groups excluding carboxylic acids is 1. The van der Waals surface area contributed by atoms with E-state index in [0.717, 1.165) is 11.4 Å². The molecule has 0 saturated heterocycles. The van der Waals surface area contributed by atoms with Crippen molar-refractivity contribution in [2.45, 2.75) is 13.3 Å². The monoisotopic (exact) mass is 323 g/mol. The molecule has 122 valence electrons. The summed E-state index contributed by atoms with van der Waals surface area (Å²) in [5.74, 6) is 0.644. The maximum Gasteiger partial charge on any atom is 0.227 e. The fourth-order valence-electron chi connectivity index (χ4n) is 2.13. The number of nitrogens with zero attached hydrogens (tertiary/aromatic N) is 4. The molecule has 0 aliphatic rings. The minimum absolute atomic E-state index is 0.115. The van der Waals surface area contributed by atoms with Gasteiger partial charge in [0.1, 0.15) is 12.1 Å². The molecular weight excluding hydrogens is 306 g/mol. The molecule has 0 saturated carbocycles. The maximum atomic E-state index is 12.0. The van der Waals surface area contributed by atoms with E-state index in [1.807, 2.05) is 49.4 Å². The number of anilines is 1. The van der Waals surface area contributed by atoms with E-state index in [4.69, 9.17) is 4.74 Å². The summed E-state index contributed by atoms with van der Waals surface area (Å²) in [5.41, 5.74) is 2.62. The Morgan fingerprint density at radius 1 is 1.21 bits per heavy atom. The summed E-state index contributed by atoms with van der Waals surface area (Å²) < 4.78 is 7.08. The highest BCUT2D eigenvalue weighted by Gasteiger charge is 2.05. The summed E-state index contributed by atoms with van der Waals surface area (Å²) in [6.45, 7) is 2.34. The average molecular weight is 323 g/mol. The van der Waals surface area contributed by atoms with Crippen molar-refractivity contribution in [3.8, 4) is 11.4 Å². The smallest absolute Gasteiger partial charge is 0.227 e. The first-order chi connectivity index (χ1) is 11.7. The minimum Gasteiger partial charge on any atom is -0.493 e. The molecule has 1 aromatic heterocycles. The Morgan fingerprint density at radius 3 is 2.79 bits per heavy atom. The van der Waals surface area contributed by atoms with Crippen molar-refractivity contribution < 1.29 is 9.53 Å². The molecule has 7 nitrogen and oxygen atoms in total. The van der Waals surface area contributed by atoms with Crippen LogP contribution in [0.4, 0.5) is 5.69 Å². The third-order valence-corrected chi connectivity index (χ3v) is 3.36. The molecule has 0 fully saturated rings. The van der Waals surface area contributed by atoms with Crippen molar-refractivity contribution >= 4 is 11.6 Å². The van der Waals surface area contributed by atoms with E-state index in [2.05, 4.69) is 20.8 Å². The highest BCUT2D eigenvalue weighted by atomic mass is 16.5. The van der Waals surface area contributed by atoms with E-state index in [1.165, 1.54) is 16.6 Å². The Morgan fingerprint density at radius 2 is 2.04 bits per heavy atom. The van der Waals surface area contributed by atoms with E-state index < -0.39 is 0 Å². The quantitative estimate of drug-likeness (QED) is 0.753. The summed E-state index contributed by atoms with van der Waals surface area (Å²) >= 11 is 0. The molecule has 1 heterocycles. The third kappa shape index (κ3) is 4.16. The zero-order valence-electron chi connectivity index (χ0n) is 13.2. The Kier molecular flexibility index (Phi) is 4.81. The van der Waals surface area contributed by atoms with E-state index in [0.29, 0.717) is 12.3 Å². The summed E-state index contributed by atoms with van der Waals surface area (Å²) in [5, 5.41) is 13.8. The van der Waals surface area contributed by atoms with Crippen LogP contribution in [-0.2, 0) is 4.79 Å². The second-order valence-corrected chi connectivity index (χ2v) is 5.26. The van der Waals surface area contributed by atoms with Crippen LogP contribution in [0.1, 0.15) is 12.0 Å². The van der Waals surface area contributed by atoms with Crippen LogP contribution in [-0.4, -0.2) is 32.7 Å². The van der Waals surface area contributed by atoms with Crippen molar-refractivity contribution in [3.05, 3.63) is 60.4 Å². The van der Waals surface area contributed by atoms with Crippen molar-refractivity contribution in [1.29, 1.82) is 0 Å². The molecule has 0 radical (unpaired) electrons. The molecule has 0 atom stereocenters. The molecule has 0 bridgehead atoms. The topological polar surface area (TPSA) is 81.9 Å². The van der Waals surface area contributed by atoms with Crippen LogP contribution < -0.4 is 10.1 Å². The van der Waals surface area contributed by atoms with E-state index in [-0.39, 0.29) is 12.3 Å². The molecule has 1 N–H and O–H groups in total. The van der Waals surface area contributed by atoms with E-state index in [9.17, 15) is 4.79 Å². The van der Waals surface area contributed by atoms with Gasteiger partial charge < -0.3 is 10.1 Å². The molecule has 3 rings (SSSR count). The number of benzene rings is 2. The van der Waals surface area contributed by atoms with Crippen LogP contribution in [0, 0.1) is 6.92 Å². The molecule has 24 heavy (non-hydrogen) atoms. The lowest BCUT2D eigenvalue weighted by Crippen LogP contribution is -2.15. The summed E-state index contributed by atoms with van der Waals surface area (Å²) in [7, 11) is 0. The van der Waals surface area contributed by atoms with Gasteiger partial charge in [-0.2, -0.15) is 0 Å². The fraction of sp³-hybridized carbons (Fsp3) is 0.176. The molecule has 0 spiro atoms. The number of ether oxygens (including phenoxy) is 1. The zero-order chi connectivity index (χ0) is 16.8. The molecule has 3 aromatic rings. The number of carbonyl (C=O) groups is 1. The molecular formula is C17H17N5O2. The van der Waals surface area contributed by atoms with Gasteiger partial charge in [0, 0.05) is 5.69 Å². The van der Waals surface area contributed by atoms with Crippen molar-refractivity contribution in [1.82, 2.24) is 20.2 Å². The van der Waals surface area contributed by atoms with Gasteiger partial charge in [-0.25, -0.2) is 4.68 Å². The molecule has 1 amide bonds. The first-order valence-corrected chi connectivity index (χ1v) is 7.53. The Hall–Kier alpha value is -3.22. The van der Waals surface area contributed by atoms with Crippen LogP contribution in [0.15, 0.2) is 54.9 Å². The van der Waals surface area contributed by atoms with Gasteiger partial charge in [-0.15, -0.1) is 5.10 Å². The van der Waals surface area contributed by atoms with Crippen LogP contribution >= 0.6 is 0 Å². The van der Waals surface area contributed by atoms with Crippen LogP contribution in [0.25, 0.3) is 5.69 Å². The first-order valence-electron chi connectivity index (χ1n) is 7.53. The van der Waals surface area contributed by atoms with Gasteiger partial charge in [0.15, 0.2) is 0 Å². The largest absolute Gasteiger partial charge is 0.493 e. The van der Waals surface area contributed by atoms with Crippen molar-refractivity contribution in [3.63, 3.8) is 0 Å². The lowest BCUT2D eigenvalue weighted by molar-refractivity contribution is -0.116. The number of amides is 1. The second kappa shape index (κ2) is 7.36. The van der Waals surface area contributed by atoms with Gasteiger partial charge in [0.2, 0.25) is 5.91 Å².